The lowest BCUT2D eigenvalue weighted by Gasteiger charge is -2.14. The predicted octanol–water partition coefficient (Wildman–Crippen LogP) is 2.09. The van der Waals surface area contributed by atoms with Crippen LogP contribution in [0.15, 0.2) is 24.3 Å². The van der Waals surface area contributed by atoms with Crippen LogP contribution >= 0.6 is 0 Å². The van der Waals surface area contributed by atoms with E-state index >= 15 is 0 Å². The minimum absolute atomic E-state index is 0.117. The summed E-state index contributed by atoms with van der Waals surface area (Å²) >= 11 is 0. The molecule has 1 atom stereocenters. The van der Waals surface area contributed by atoms with Crippen molar-refractivity contribution in [3.63, 3.8) is 0 Å². The second-order valence-electron chi connectivity index (χ2n) is 4.75. The summed E-state index contributed by atoms with van der Waals surface area (Å²) in [6, 6.07) is 7.44. The average Bonchev–Trinajstić information content (AvgIpc) is 2.37. The quantitative estimate of drug-likeness (QED) is 0.770. The molecule has 0 aliphatic rings. The molecule has 0 bridgehead atoms. The van der Waals surface area contributed by atoms with Gasteiger partial charge in [-0.1, -0.05) is 31.2 Å². The molecule has 0 aliphatic heterocycles. The smallest absolute Gasteiger partial charge is 0.303 e. The lowest BCUT2D eigenvalue weighted by Crippen LogP contribution is -2.29. The maximum atomic E-state index is 11.8. The summed E-state index contributed by atoms with van der Waals surface area (Å²) in [6.45, 7) is 3.83. The summed E-state index contributed by atoms with van der Waals surface area (Å²) in [5.74, 6) is -1.15. The van der Waals surface area contributed by atoms with Crippen molar-refractivity contribution in [3.05, 3.63) is 35.4 Å². The molecule has 0 saturated carbocycles. The fourth-order valence-electron chi connectivity index (χ4n) is 1.85. The van der Waals surface area contributed by atoms with Crippen LogP contribution in [0.3, 0.4) is 0 Å². The van der Waals surface area contributed by atoms with Crippen molar-refractivity contribution in [2.75, 3.05) is 5.75 Å². The van der Waals surface area contributed by atoms with Gasteiger partial charge in [-0.15, -0.1) is 0 Å². The minimum Gasteiger partial charge on any atom is -0.481 e. The molecule has 2 N–H and O–H groups in total. The van der Waals surface area contributed by atoms with E-state index in [1.807, 2.05) is 24.3 Å². The molecule has 6 heteroatoms. The number of carboxylic acids is 1. The van der Waals surface area contributed by atoms with E-state index in [2.05, 4.69) is 11.6 Å². The molecular formula is C14H21NO4S. The van der Waals surface area contributed by atoms with Crippen LogP contribution in [0.2, 0.25) is 0 Å². The standard InChI is InChI=1S/C14H21NO4S/c1-3-12-6-8-13(9-7-12)11(2)15-20(18,19)10-4-5-14(16)17/h6-9,11,15H,3-5,10H2,1-2H3,(H,16,17). The number of aliphatic carboxylic acids is 1. The molecule has 5 nitrogen and oxygen atoms in total. The van der Waals surface area contributed by atoms with E-state index in [4.69, 9.17) is 5.11 Å². The van der Waals surface area contributed by atoms with Gasteiger partial charge in [0.2, 0.25) is 10.0 Å². The van der Waals surface area contributed by atoms with Crippen LogP contribution in [0.4, 0.5) is 0 Å². The highest BCUT2D eigenvalue weighted by atomic mass is 32.2. The van der Waals surface area contributed by atoms with E-state index in [-0.39, 0.29) is 24.6 Å². The van der Waals surface area contributed by atoms with Crippen LogP contribution in [0.5, 0.6) is 0 Å². The predicted molar refractivity (Wildman–Crippen MR) is 78.0 cm³/mol. The summed E-state index contributed by atoms with van der Waals surface area (Å²) < 4.78 is 26.2. The van der Waals surface area contributed by atoms with Gasteiger partial charge < -0.3 is 5.11 Å². The number of carboxylic acid groups (broad SMARTS) is 1. The zero-order valence-corrected chi connectivity index (χ0v) is 12.6. The molecule has 1 rings (SSSR count). The van der Waals surface area contributed by atoms with Gasteiger partial charge in [0, 0.05) is 12.5 Å². The van der Waals surface area contributed by atoms with Crippen LogP contribution in [0, 0.1) is 0 Å². The maximum absolute atomic E-state index is 11.8. The molecule has 0 aliphatic carbocycles. The van der Waals surface area contributed by atoms with Gasteiger partial charge in [-0.2, -0.15) is 0 Å². The van der Waals surface area contributed by atoms with Crippen molar-refractivity contribution in [1.82, 2.24) is 4.72 Å². The zero-order valence-electron chi connectivity index (χ0n) is 11.8. The third-order valence-corrected chi connectivity index (χ3v) is 4.59. The average molecular weight is 299 g/mol. The third-order valence-electron chi connectivity index (χ3n) is 3.05. The van der Waals surface area contributed by atoms with Gasteiger partial charge in [0.05, 0.1) is 5.75 Å². The molecule has 1 unspecified atom stereocenters. The summed E-state index contributed by atoms with van der Waals surface area (Å²) in [7, 11) is -3.45. The SMILES string of the molecule is CCc1ccc(C(C)NS(=O)(=O)CCCC(=O)O)cc1. The molecule has 0 fully saturated rings. The number of carbonyl (C=O) groups is 1. The first-order valence-electron chi connectivity index (χ1n) is 6.64. The van der Waals surface area contributed by atoms with E-state index in [9.17, 15) is 13.2 Å². The Kier molecular flexibility index (Phi) is 6.16. The molecule has 0 radical (unpaired) electrons. The number of benzene rings is 1. The summed E-state index contributed by atoms with van der Waals surface area (Å²) in [5.41, 5.74) is 2.09. The first-order valence-corrected chi connectivity index (χ1v) is 8.30. The molecule has 0 aromatic heterocycles. The molecular weight excluding hydrogens is 278 g/mol. The van der Waals surface area contributed by atoms with Crippen molar-refractivity contribution >= 4 is 16.0 Å². The van der Waals surface area contributed by atoms with Gasteiger partial charge in [0.15, 0.2) is 0 Å². The largest absolute Gasteiger partial charge is 0.481 e. The molecule has 0 spiro atoms. The van der Waals surface area contributed by atoms with Crippen molar-refractivity contribution in [3.8, 4) is 0 Å². The minimum atomic E-state index is -3.45. The number of hydrogen-bond donors (Lipinski definition) is 2. The van der Waals surface area contributed by atoms with Crippen LogP contribution in [-0.4, -0.2) is 25.2 Å². The van der Waals surface area contributed by atoms with Crippen molar-refractivity contribution < 1.29 is 18.3 Å². The van der Waals surface area contributed by atoms with Gasteiger partial charge in [-0.25, -0.2) is 13.1 Å². The topological polar surface area (TPSA) is 83.5 Å². The first kappa shape index (κ1) is 16.7. The highest BCUT2D eigenvalue weighted by Crippen LogP contribution is 2.15. The number of aryl methyl sites for hydroxylation is 1. The van der Waals surface area contributed by atoms with E-state index < -0.39 is 16.0 Å². The molecule has 1 aromatic carbocycles. The van der Waals surface area contributed by atoms with Gasteiger partial charge in [-0.05, 0) is 30.9 Å². The Balaban J connectivity index is 2.58. The van der Waals surface area contributed by atoms with Gasteiger partial charge >= 0.3 is 5.97 Å². The van der Waals surface area contributed by atoms with Crippen molar-refractivity contribution in [2.45, 2.75) is 39.2 Å². The van der Waals surface area contributed by atoms with Gasteiger partial charge in [0.1, 0.15) is 0 Å². The monoisotopic (exact) mass is 299 g/mol. The van der Waals surface area contributed by atoms with Gasteiger partial charge in [-0.3, -0.25) is 4.79 Å². The summed E-state index contributed by atoms with van der Waals surface area (Å²) in [5, 5.41) is 8.50. The van der Waals surface area contributed by atoms with Crippen molar-refractivity contribution in [2.24, 2.45) is 0 Å². The summed E-state index contributed by atoms with van der Waals surface area (Å²) in [6.07, 6.45) is 0.919. The van der Waals surface area contributed by atoms with Crippen LogP contribution in [0.1, 0.15) is 43.9 Å². The second-order valence-corrected chi connectivity index (χ2v) is 6.62. The normalized spacial score (nSPS) is 13.1. The Morgan fingerprint density at radius 2 is 1.90 bits per heavy atom. The zero-order chi connectivity index (χ0) is 15.2. The Bertz CT molecular complexity index is 537. The third kappa shape index (κ3) is 5.71. The fourth-order valence-corrected chi connectivity index (χ4v) is 3.17. The molecule has 0 heterocycles. The van der Waals surface area contributed by atoms with Crippen LogP contribution in [-0.2, 0) is 21.2 Å². The Labute approximate surface area is 120 Å². The lowest BCUT2D eigenvalue weighted by molar-refractivity contribution is -0.137. The second kappa shape index (κ2) is 7.40. The fraction of sp³-hybridized carbons (Fsp3) is 0.500. The molecule has 0 saturated heterocycles. The van der Waals surface area contributed by atoms with E-state index in [0.717, 1.165) is 12.0 Å². The first-order chi connectivity index (χ1) is 9.34. The number of hydrogen-bond acceptors (Lipinski definition) is 3. The van der Waals surface area contributed by atoms with Gasteiger partial charge in [0.25, 0.3) is 0 Å². The van der Waals surface area contributed by atoms with E-state index in [1.54, 1.807) is 6.92 Å². The Morgan fingerprint density at radius 3 is 2.40 bits per heavy atom. The number of sulfonamides is 1. The number of nitrogens with one attached hydrogen (secondary N) is 1. The Hall–Kier alpha value is -1.40. The molecule has 112 valence electrons. The maximum Gasteiger partial charge on any atom is 0.303 e. The van der Waals surface area contributed by atoms with E-state index in [1.165, 1.54) is 5.56 Å². The highest BCUT2D eigenvalue weighted by molar-refractivity contribution is 7.89. The lowest BCUT2D eigenvalue weighted by atomic mass is 10.1. The molecule has 1 aromatic rings. The molecule has 0 amide bonds. The van der Waals surface area contributed by atoms with Crippen LogP contribution in [0.25, 0.3) is 0 Å². The van der Waals surface area contributed by atoms with Crippen molar-refractivity contribution in [1.29, 1.82) is 0 Å². The van der Waals surface area contributed by atoms with E-state index in [0.29, 0.717) is 0 Å². The summed E-state index contributed by atoms with van der Waals surface area (Å²) in [4.78, 5) is 10.4. The molecule has 20 heavy (non-hydrogen) atoms. The Morgan fingerprint density at radius 1 is 1.30 bits per heavy atom. The van der Waals surface area contributed by atoms with Crippen LogP contribution < -0.4 is 4.72 Å². The number of rotatable bonds is 8. The highest BCUT2D eigenvalue weighted by Gasteiger charge is 2.16.